The Kier molecular flexibility index (Phi) is 4.39. The molecule has 2 unspecified atom stereocenters. The van der Waals surface area contributed by atoms with Crippen LogP contribution in [0.3, 0.4) is 0 Å². The highest BCUT2D eigenvalue weighted by molar-refractivity contribution is 6.30. The van der Waals surface area contributed by atoms with E-state index in [-0.39, 0.29) is 11.8 Å². The van der Waals surface area contributed by atoms with Gasteiger partial charge in [-0.3, -0.25) is 4.79 Å². The van der Waals surface area contributed by atoms with Crippen LogP contribution in [0.1, 0.15) is 18.0 Å². The monoisotopic (exact) mass is 283 g/mol. The summed E-state index contributed by atoms with van der Waals surface area (Å²) < 4.78 is 5.12. The molecule has 2 N–H and O–H groups in total. The fraction of sp³-hybridized carbons (Fsp3) is 0.385. The molecule has 1 saturated heterocycles. The van der Waals surface area contributed by atoms with Crippen LogP contribution in [0.25, 0.3) is 0 Å². The first-order valence-corrected chi connectivity index (χ1v) is 6.32. The average molecular weight is 284 g/mol. The number of nitrogens with one attached hydrogen (secondary N) is 1. The maximum absolute atomic E-state index is 11.9. The highest BCUT2D eigenvalue weighted by Crippen LogP contribution is 2.19. The van der Waals surface area contributed by atoms with Crippen molar-refractivity contribution >= 4 is 23.5 Å². The summed E-state index contributed by atoms with van der Waals surface area (Å²) in [6.07, 6.45) is 0.624. The summed E-state index contributed by atoms with van der Waals surface area (Å²) >= 11 is 5.75. The van der Waals surface area contributed by atoms with Gasteiger partial charge in [-0.05, 0) is 24.1 Å². The van der Waals surface area contributed by atoms with Crippen molar-refractivity contribution in [3.63, 3.8) is 0 Å². The van der Waals surface area contributed by atoms with E-state index in [1.165, 1.54) is 0 Å². The Labute approximate surface area is 115 Å². The predicted molar refractivity (Wildman–Crippen MR) is 68.9 cm³/mol. The number of hydrogen-bond donors (Lipinski definition) is 2. The summed E-state index contributed by atoms with van der Waals surface area (Å²) in [6.45, 7) is 0.884. The average Bonchev–Trinajstić information content (AvgIpc) is 2.90. The number of ether oxygens (including phenoxy) is 1. The molecule has 6 heteroatoms. The van der Waals surface area contributed by atoms with Gasteiger partial charge in [0.1, 0.15) is 0 Å². The largest absolute Gasteiger partial charge is 0.479 e. The van der Waals surface area contributed by atoms with Crippen LogP contribution in [0.5, 0.6) is 0 Å². The summed E-state index contributed by atoms with van der Waals surface area (Å²) in [7, 11) is 0. The summed E-state index contributed by atoms with van der Waals surface area (Å²) in [5.74, 6) is -1.66. The Morgan fingerprint density at radius 3 is 2.58 bits per heavy atom. The Morgan fingerprint density at radius 2 is 2.05 bits per heavy atom. The van der Waals surface area contributed by atoms with E-state index in [1.54, 1.807) is 24.3 Å². The third-order valence-corrected chi connectivity index (χ3v) is 3.29. The molecular weight excluding hydrogens is 270 g/mol. The quantitative estimate of drug-likeness (QED) is 0.880. The van der Waals surface area contributed by atoms with Gasteiger partial charge in [0.05, 0.1) is 12.5 Å². The summed E-state index contributed by atoms with van der Waals surface area (Å²) in [5, 5.41) is 12.3. The van der Waals surface area contributed by atoms with Crippen LogP contribution in [0.15, 0.2) is 24.3 Å². The maximum Gasteiger partial charge on any atom is 0.330 e. The fourth-order valence-corrected chi connectivity index (χ4v) is 2.07. The zero-order valence-electron chi connectivity index (χ0n) is 10.1. The van der Waals surface area contributed by atoms with E-state index in [4.69, 9.17) is 16.3 Å². The number of carbonyl (C=O) groups excluding carboxylic acids is 1. The molecule has 1 aliphatic rings. The molecule has 1 heterocycles. The van der Waals surface area contributed by atoms with Gasteiger partial charge in [0, 0.05) is 11.6 Å². The van der Waals surface area contributed by atoms with Crippen molar-refractivity contribution in [1.29, 1.82) is 0 Å². The maximum atomic E-state index is 11.9. The van der Waals surface area contributed by atoms with E-state index < -0.39 is 12.0 Å². The summed E-state index contributed by atoms with van der Waals surface area (Å²) in [6, 6.07) is 5.30. The van der Waals surface area contributed by atoms with Crippen molar-refractivity contribution < 1.29 is 19.4 Å². The SMILES string of the molecule is O=C(NC(C(=O)O)c1ccc(Cl)cc1)C1CCOC1. The Bertz CT molecular complexity index is 468. The molecule has 2 atom stereocenters. The number of halogens is 1. The van der Waals surface area contributed by atoms with Gasteiger partial charge in [-0.25, -0.2) is 4.79 Å². The van der Waals surface area contributed by atoms with E-state index in [0.717, 1.165) is 0 Å². The van der Waals surface area contributed by atoms with Crippen molar-refractivity contribution in [3.8, 4) is 0 Å². The topological polar surface area (TPSA) is 75.6 Å². The lowest BCUT2D eigenvalue weighted by atomic mass is 10.0. The Hall–Kier alpha value is -1.59. The molecule has 2 rings (SSSR count). The molecule has 0 aromatic heterocycles. The third-order valence-electron chi connectivity index (χ3n) is 3.04. The fourth-order valence-electron chi connectivity index (χ4n) is 1.94. The van der Waals surface area contributed by atoms with Crippen molar-refractivity contribution in [3.05, 3.63) is 34.9 Å². The van der Waals surface area contributed by atoms with Gasteiger partial charge in [-0.2, -0.15) is 0 Å². The molecule has 0 saturated carbocycles. The molecule has 102 valence electrons. The van der Waals surface area contributed by atoms with E-state index in [9.17, 15) is 14.7 Å². The number of carboxylic acid groups (broad SMARTS) is 1. The predicted octanol–water partition coefficient (Wildman–Crippen LogP) is 1.62. The van der Waals surface area contributed by atoms with Crippen molar-refractivity contribution in [2.24, 2.45) is 5.92 Å². The lowest BCUT2D eigenvalue weighted by Crippen LogP contribution is -2.37. The highest BCUT2D eigenvalue weighted by atomic mass is 35.5. The zero-order valence-corrected chi connectivity index (χ0v) is 10.9. The zero-order chi connectivity index (χ0) is 13.8. The van der Waals surface area contributed by atoms with Gasteiger partial charge in [0.25, 0.3) is 0 Å². The van der Waals surface area contributed by atoms with Crippen molar-refractivity contribution in [1.82, 2.24) is 5.32 Å². The molecule has 1 aromatic carbocycles. The molecule has 19 heavy (non-hydrogen) atoms. The Balaban J connectivity index is 2.09. The molecule has 5 nitrogen and oxygen atoms in total. The number of carbonyl (C=O) groups is 2. The second-order valence-electron chi connectivity index (χ2n) is 4.39. The van der Waals surface area contributed by atoms with E-state index in [0.29, 0.717) is 30.2 Å². The molecule has 1 aliphatic heterocycles. The molecule has 1 fully saturated rings. The van der Waals surface area contributed by atoms with Gasteiger partial charge >= 0.3 is 5.97 Å². The van der Waals surface area contributed by atoms with E-state index >= 15 is 0 Å². The number of benzene rings is 1. The highest BCUT2D eigenvalue weighted by Gasteiger charge is 2.28. The summed E-state index contributed by atoms with van der Waals surface area (Å²) in [4.78, 5) is 23.2. The van der Waals surface area contributed by atoms with E-state index in [2.05, 4.69) is 5.32 Å². The van der Waals surface area contributed by atoms with Crippen LogP contribution in [-0.2, 0) is 14.3 Å². The molecule has 0 radical (unpaired) electrons. The summed E-state index contributed by atoms with van der Waals surface area (Å²) in [5.41, 5.74) is 0.490. The van der Waals surface area contributed by atoms with Gasteiger partial charge in [0.2, 0.25) is 5.91 Å². The first-order chi connectivity index (χ1) is 9.08. The molecule has 1 amide bonds. The molecule has 0 bridgehead atoms. The number of aliphatic carboxylic acids is 1. The number of carboxylic acids is 1. The molecule has 0 spiro atoms. The third kappa shape index (κ3) is 3.45. The normalized spacial score (nSPS) is 19.9. The second-order valence-corrected chi connectivity index (χ2v) is 4.83. The molecule has 0 aliphatic carbocycles. The minimum absolute atomic E-state index is 0.269. The number of hydrogen-bond acceptors (Lipinski definition) is 3. The molecular formula is C13H14ClNO4. The van der Waals surface area contributed by atoms with Gasteiger partial charge < -0.3 is 15.2 Å². The van der Waals surface area contributed by atoms with Crippen LogP contribution in [0.2, 0.25) is 5.02 Å². The van der Waals surface area contributed by atoms with Crippen LogP contribution in [0, 0.1) is 5.92 Å². The van der Waals surface area contributed by atoms with Crippen molar-refractivity contribution in [2.75, 3.05) is 13.2 Å². The number of amides is 1. The number of rotatable bonds is 4. The second kappa shape index (κ2) is 6.04. The smallest absolute Gasteiger partial charge is 0.330 e. The van der Waals surface area contributed by atoms with E-state index in [1.807, 2.05) is 0 Å². The lowest BCUT2D eigenvalue weighted by molar-refractivity contribution is -0.142. The standard InChI is InChI=1S/C13H14ClNO4/c14-10-3-1-8(2-4-10)11(13(17)18)15-12(16)9-5-6-19-7-9/h1-4,9,11H,5-7H2,(H,15,16)(H,17,18). The van der Waals surface area contributed by atoms with Crippen LogP contribution in [-0.4, -0.2) is 30.2 Å². The first kappa shape index (κ1) is 13.8. The molecule has 1 aromatic rings. The van der Waals surface area contributed by atoms with Crippen LogP contribution in [0.4, 0.5) is 0 Å². The first-order valence-electron chi connectivity index (χ1n) is 5.94. The van der Waals surface area contributed by atoms with Gasteiger partial charge in [-0.1, -0.05) is 23.7 Å². The lowest BCUT2D eigenvalue weighted by Gasteiger charge is -2.17. The van der Waals surface area contributed by atoms with Gasteiger partial charge in [0.15, 0.2) is 6.04 Å². The van der Waals surface area contributed by atoms with Crippen LogP contribution < -0.4 is 5.32 Å². The van der Waals surface area contributed by atoms with Gasteiger partial charge in [-0.15, -0.1) is 0 Å². The van der Waals surface area contributed by atoms with Crippen LogP contribution >= 0.6 is 11.6 Å². The minimum atomic E-state index is -1.10. The minimum Gasteiger partial charge on any atom is -0.479 e. The Morgan fingerprint density at radius 1 is 1.37 bits per heavy atom. The van der Waals surface area contributed by atoms with Crippen molar-refractivity contribution in [2.45, 2.75) is 12.5 Å².